The highest BCUT2D eigenvalue weighted by Gasteiger charge is 2.37. The Balaban J connectivity index is 1.67. The predicted octanol–water partition coefficient (Wildman–Crippen LogP) is 1.36. The molecule has 0 aromatic heterocycles. The van der Waals surface area contributed by atoms with Crippen molar-refractivity contribution < 1.29 is 33.6 Å². The summed E-state index contributed by atoms with van der Waals surface area (Å²) in [5.74, 6) is 0.313. The highest BCUT2D eigenvalue weighted by atomic mass is 16.7. The van der Waals surface area contributed by atoms with Gasteiger partial charge in [0.05, 0.1) is 39.5 Å². The molecule has 1 aromatic carbocycles. The van der Waals surface area contributed by atoms with Crippen LogP contribution in [0.2, 0.25) is 0 Å². The van der Waals surface area contributed by atoms with Gasteiger partial charge in [-0.15, -0.1) is 0 Å². The van der Waals surface area contributed by atoms with Crippen molar-refractivity contribution in [3.63, 3.8) is 0 Å². The van der Waals surface area contributed by atoms with Gasteiger partial charge < -0.3 is 28.8 Å². The maximum Gasteiger partial charge on any atom is 0.308 e. The first-order chi connectivity index (χ1) is 12.1. The molecule has 25 heavy (non-hydrogen) atoms. The van der Waals surface area contributed by atoms with Gasteiger partial charge in [-0.3, -0.25) is 4.79 Å². The number of carbonyl (C=O) groups excluding carboxylic acids is 1. The number of rotatable bonds is 4. The van der Waals surface area contributed by atoms with Crippen LogP contribution in [0.3, 0.4) is 0 Å². The molecular formula is C18H22O7. The predicted molar refractivity (Wildman–Crippen MR) is 87.0 cm³/mol. The number of hydrogen-bond donors (Lipinski definition) is 1. The molecule has 3 rings (SSSR count). The third-order valence-electron chi connectivity index (χ3n) is 4.27. The fourth-order valence-corrected chi connectivity index (χ4v) is 2.84. The zero-order valence-corrected chi connectivity index (χ0v) is 14.2. The van der Waals surface area contributed by atoms with Gasteiger partial charge in [0.2, 0.25) is 0 Å². The van der Waals surface area contributed by atoms with E-state index in [9.17, 15) is 9.90 Å². The molecule has 2 aliphatic heterocycles. The van der Waals surface area contributed by atoms with Crippen molar-refractivity contribution >= 4 is 5.97 Å². The average Bonchev–Trinajstić information content (AvgIpc) is 2.80. The number of carbonyl (C=O) groups is 1. The molecule has 1 fully saturated rings. The van der Waals surface area contributed by atoms with E-state index in [1.807, 2.05) is 24.3 Å². The van der Waals surface area contributed by atoms with Crippen molar-refractivity contribution in [1.29, 1.82) is 0 Å². The minimum absolute atomic E-state index is 0.0346. The second-order valence-electron chi connectivity index (χ2n) is 5.91. The van der Waals surface area contributed by atoms with E-state index >= 15 is 0 Å². The molecule has 7 nitrogen and oxygen atoms in total. The lowest BCUT2D eigenvalue weighted by atomic mass is 10.1. The first kappa shape index (κ1) is 17.9. The second kappa shape index (κ2) is 7.97. The molecule has 0 spiro atoms. The fourth-order valence-electron chi connectivity index (χ4n) is 2.84. The van der Waals surface area contributed by atoms with Crippen molar-refractivity contribution in [2.45, 2.75) is 37.1 Å². The summed E-state index contributed by atoms with van der Waals surface area (Å²) in [5.41, 5.74) is 0.864. The van der Waals surface area contributed by atoms with Gasteiger partial charge in [-0.2, -0.15) is 0 Å². The molecule has 1 saturated heterocycles. The van der Waals surface area contributed by atoms with Crippen molar-refractivity contribution in [2.75, 3.05) is 20.8 Å². The molecule has 0 aliphatic carbocycles. The maximum atomic E-state index is 11.5. The van der Waals surface area contributed by atoms with Crippen LogP contribution in [0.25, 0.3) is 0 Å². The van der Waals surface area contributed by atoms with Gasteiger partial charge in [-0.1, -0.05) is 24.3 Å². The van der Waals surface area contributed by atoms with Gasteiger partial charge in [-0.25, -0.2) is 0 Å². The highest BCUT2D eigenvalue weighted by molar-refractivity contribution is 5.69. The second-order valence-corrected chi connectivity index (χ2v) is 5.91. The highest BCUT2D eigenvalue weighted by Crippen LogP contribution is 2.31. The third-order valence-corrected chi connectivity index (χ3v) is 4.27. The lowest BCUT2D eigenvalue weighted by Crippen LogP contribution is -2.43. The van der Waals surface area contributed by atoms with E-state index in [4.69, 9.17) is 18.9 Å². The number of benzene rings is 1. The summed E-state index contributed by atoms with van der Waals surface area (Å²) in [7, 11) is 2.91. The Morgan fingerprint density at radius 3 is 2.64 bits per heavy atom. The van der Waals surface area contributed by atoms with Crippen molar-refractivity contribution in [3.8, 4) is 5.75 Å². The molecule has 136 valence electrons. The molecule has 7 heteroatoms. The zero-order chi connectivity index (χ0) is 17.8. The fraction of sp³-hybridized carbons (Fsp3) is 0.500. The number of aliphatic hydroxyl groups excluding tert-OH is 1. The van der Waals surface area contributed by atoms with Crippen LogP contribution in [0, 0.1) is 0 Å². The number of hydrogen-bond acceptors (Lipinski definition) is 7. The van der Waals surface area contributed by atoms with Crippen molar-refractivity contribution in [2.24, 2.45) is 0 Å². The Kier molecular flexibility index (Phi) is 5.70. The first-order valence-corrected chi connectivity index (χ1v) is 8.10. The summed E-state index contributed by atoms with van der Waals surface area (Å²) in [6.45, 7) is 0.288. The molecule has 0 amide bonds. The number of ether oxygens (including phenoxy) is 5. The van der Waals surface area contributed by atoms with Gasteiger partial charge in [0.1, 0.15) is 18.0 Å². The third kappa shape index (κ3) is 4.19. The monoisotopic (exact) mass is 350 g/mol. The first-order valence-electron chi connectivity index (χ1n) is 8.10. The summed E-state index contributed by atoms with van der Waals surface area (Å²) < 4.78 is 27.3. The number of aliphatic hydroxyl groups is 1. The Morgan fingerprint density at radius 2 is 1.96 bits per heavy atom. The molecule has 1 aromatic rings. The van der Waals surface area contributed by atoms with Crippen molar-refractivity contribution in [1.82, 2.24) is 0 Å². The maximum absolute atomic E-state index is 11.5. The summed E-state index contributed by atoms with van der Waals surface area (Å²) in [6, 6.07) is 7.42. The van der Waals surface area contributed by atoms with Crippen LogP contribution < -0.4 is 4.74 Å². The molecule has 0 unspecified atom stereocenters. The lowest BCUT2D eigenvalue weighted by molar-refractivity contribution is -0.262. The Morgan fingerprint density at radius 1 is 1.20 bits per heavy atom. The number of methoxy groups -OCH3 is 2. The standard InChI is InChI=1S/C18H22O7/c1-21-12-5-3-11(4-6-12)18-23-10-16-14(25-18)8-7-13(19)15(24-16)9-17(20)22-2/h3-8,13-16,18-19H,9-10H2,1-2H3/t13-,14+,15+,16-,18-/m1/s1. The zero-order valence-electron chi connectivity index (χ0n) is 14.2. The van der Waals surface area contributed by atoms with Crippen LogP contribution in [0.15, 0.2) is 36.4 Å². The summed E-state index contributed by atoms with van der Waals surface area (Å²) in [4.78, 5) is 11.5. The average molecular weight is 350 g/mol. The number of fused-ring (bicyclic) bond motifs is 1. The largest absolute Gasteiger partial charge is 0.497 e. The van der Waals surface area contributed by atoms with Gasteiger partial charge in [0.25, 0.3) is 0 Å². The molecule has 0 radical (unpaired) electrons. The molecule has 1 N–H and O–H groups in total. The summed E-state index contributed by atoms with van der Waals surface area (Å²) in [6.07, 6.45) is 0.398. The molecule has 0 saturated carbocycles. The van der Waals surface area contributed by atoms with Crippen molar-refractivity contribution in [3.05, 3.63) is 42.0 Å². The molecular weight excluding hydrogens is 328 g/mol. The minimum atomic E-state index is -0.910. The Hall–Kier alpha value is -1.93. The van der Waals surface area contributed by atoms with E-state index < -0.39 is 30.6 Å². The van der Waals surface area contributed by atoms with Crippen LogP contribution in [-0.4, -0.2) is 56.3 Å². The van der Waals surface area contributed by atoms with Gasteiger partial charge in [0, 0.05) is 5.56 Å². The van der Waals surface area contributed by atoms with E-state index in [1.165, 1.54) is 7.11 Å². The Labute approximate surface area is 146 Å². The summed E-state index contributed by atoms with van der Waals surface area (Å²) in [5, 5.41) is 10.2. The minimum Gasteiger partial charge on any atom is -0.497 e. The molecule has 5 atom stereocenters. The van der Waals surface area contributed by atoms with E-state index in [1.54, 1.807) is 19.3 Å². The van der Waals surface area contributed by atoms with Crippen LogP contribution in [0.4, 0.5) is 0 Å². The summed E-state index contributed by atoms with van der Waals surface area (Å²) >= 11 is 0. The molecule has 2 aliphatic rings. The lowest BCUT2D eigenvalue weighted by Gasteiger charge is -2.35. The van der Waals surface area contributed by atoms with E-state index in [0.29, 0.717) is 0 Å². The molecule has 0 bridgehead atoms. The van der Waals surface area contributed by atoms with E-state index in [2.05, 4.69) is 4.74 Å². The van der Waals surface area contributed by atoms with E-state index in [-0.39, 0.29) is 19.1 Å². The smallest absolute Gasteiger partial charge is 0.308 e. The number of esters is 1. The van der Waals surface area contributed by atoms with Crippen LogP contribution in [0.1, 0.15) is 18.3 Å². The van der Waals surface area contributed by atoms with Crippen LogP contribution in [0.5, 0.6) is 5.75 Å². The van der Waals surface area contributed by atoms with E-state index in [0.717, 1.165) is 11.3 Å². The van der Waals surface area contributed by atoms with Crippen LogP contribution in [-0.2, 0) is 23.7 Å². The quantitative estimate of drug-likeness (QED) is 0.648. The molecule has 2 heterocycles. The topological polar surface area (TPSA) is 83.5 Å². The van der Waals surface area contributed by atoms with Gasteiger partial charge in [0.15, 0.2) is 6.29 Å². The SMILES string of the molecule is COC(=O)C[C@@H]1O[C@@H]2CO[C@@H](c3ccc(OC)cc3)O[C@H]2C=C[C@H]1O. The van der Waals surface area contributed by atoms with Gasteiger partial charge in [-0.05, 0) is 12.1 Å². The Bertz CT molecular complexity index is 612. The van der Waals surface area contributed by atoms with Crippen LogP contribution >= 0.6 is 0 Å². The van der Waals surface area contributed by atoms with Gasteiger partial charge >= 0.3 is 5.97 Å². The normalized spacial score (nSPS) is 31.7.